The number of carbonyl (C=O) groups is 1. The molecule has 1 aromatic carbocycles. The van der Waals surface area contributed by atoms with E-state index >= 15 is 0 Å². The predicted octanol–water partition coefficient (Wildman–Crippen LogP) is 3.35. The minimum atomic E-state index is -4.47. The SMILES string of the molecule is O=C1C[C@@H](c2ccc(Cl)c(C(F)(F)F)c2)CCN1. The monoisotopic (exact) mass is 277 g/mol. The molecule has 1 amide bonds. The highest BCUT2D eigenvalue weighted by atomic mass is 35.5. The van der Waals surface area contributed by atoms with Gasteiger partial charge in [0, 0.05) is 13.0 Å². The van der Waals surface area contributed by atoms with Crippen LogP contribution >= 0.6 is 11.6 Å². The number of hydrogen-bond donors (Lipinski definition) is 1. The highest BCUT2D eigenvalue weighted by molar-refractivity contribution is 6.31. The Morgan fingerprint density at radius 1 is 1.33 bits per heavy atom. The summed E-state index contributed by atoms with van der Waals surface area (Å²) in [5.41, 5.74) is -0.325. The van der Waals surface area contributed by atoms with Crippen LogP contribution in [0.25, 0.3) is 0 Å². The zero-order valence-electron chi connectivity index (χ0n) is 9.35. The first-order valence-corrected chi connectivity index (χ1v) is 5.89. The maximum absolute atomic E-state index is 12.7. The number of rotatable bonds is 1. The molecule has 0 saturated carbocycles. The Labute approximate surface area is 107 Å². The van der Waals surface area contributed by atoms with Crippen LogP contribution in [-0.4, -0.2) is 12.5 Å². The molecule has 2 nitrogen and oxygen atoms in total. The summed E-state index contributed by atoms with van der Waals surface area (Å²) in [6, 6.07) is 3.85. The van der Waals surface area contributed by atoms with Crippen molar-refractivity contribution in [3.05, 3.63) is 34.3 Å². The van der Waals surface area contributed by atoms with Crippen molar-refractivity contribution < 1.29 is 18.0 Å². The summed E-state index contributed by atoms with van der Waals surface area (Å²) >= 11 is 5.55. The Balaban J connectivity index is 2.32. The maximum atomic E-state index is 12.7. The van der Waals surface area contributed by atoms with Crippen molar-refractivity contribution in [1.29, 1.82) is 0 Å². The van der Waals surface area contributed by atoms with E-state index in [4.69, 9.17) is 11.6 Å². The van der Waals surface area contributed by atoms with Gasteiger partial charge in [0.2, 0.25) is 5.91 Å². The van der Waals surface area contributed by atoms with Crippen molar-refractivity contribution >= 4 is 17.5 Å². The van der Waals surface area contributed by atoms with Gasteiger partial charge in [-0.3, -0.25) is 4.79 Å². The summed E-state index contributed by atoms with van der Waals surface area (Å²) in [6.45, 7) is 0.494. The second kappa shape index (κ2) is 4.80. The van der Waals surface area contributed by atoms with Gasteiger partial charge in [0.05, 0.1) is 10.6 Å². The van der Waals surface area contributed by atoms with E-state index in [1.165, 1.54) is 6.07 Å². The van der Waals surface area contributed by atoms with Gasteiger partial charge in [-0.05, 0) is 30.0 Å². The molecule has 0 aromatic heterocycles. The highest BCUT2D eigenvalue weighted by Crippen LogP contribution is 2.37. The van der Waals surface area contributed by atoms with E-state index in [2.05, 4.69) is 5.32 Å². The third-order valence-corrected chi connectivity index (χ3v) is 3.34. The number of piperidine rings is 1. The van der Waals surface area contributed by atoms with Gasteiger partial charge in [0.1, 0.15) is 0 Å². The molecule has 6 heteroatoms. The topological polar surface area (TPSA) is 29.1 Å². The van der Waals surface area contributed by atoms with Crippen LogP contribution in [-0.2, 0) is 11.0 Å². The van der Waals surface area contributed by atoms with E-state index in [0.717, 1.165) is 6.07 Å². The molecule has 0 radical (unpaired) electrons. The van der Waals surface area contributed by atoms with Gasteiger partial charge in [-0.1, -0.05) is 17.7 Å². The van der Waals surface area contributed by atoms with E-state index < -0.39 is 11.7 Å². The first-order valence-electron chi connectivity index (χ1n) is 5.51. The molecule has 0 unspecified atom stereocenters. The standard InChI is InChI=1S/C12H11ClF3NO/c13-10-2-1-7(5-9(10)12(14,15)16)8-3-4-17-11(18)6-8/h1-2,5,8H,3-4,6H2,(H,17,18)/t8-/m0/s1. The quantitative estimate of drug-likeness (QED) is 0.838. The van der Waals surface area contributed by atoms with E-state index in [1.54, 1.807) is 6.07 Å². The molecule has 1 atom stereocenters. The largest absolute Gasteiger partial charge is 0.417 e. The zero-order valence-corrected chi connectivity index (χ0v) is 10.1. The molecule has 18 heavy (non-hydrogen) atoms. The minimum absolute atomic E-state index is 0.130. The van der Waals surface area contributed by atoms with E-state index in [-0.39, 0.29) is 23.3 Å². The van der Waals surface area contributed by atoms with Gasteiger partial charge in [0.25, 0.3) is 0 Å². The zero-order chi connectivity index (χ0) is 13.3. The van der Waals surface area contributed by atoms with Crippen molar-refractivity contribution in [3.8, 4) is 0 Å². The number of hydrogen-bond acceptors (Lipinski definition) is 1. The first kappa shape index (κ1) is 13.2. The van der Waals surface area contributed by atoms with Crippen LogP contribution in [0.4, 0.5) is 13.2 Å². The van der Waals surface area contributed by atoms with Crippen molar-refractivity contribution in [2.45, 2.75) is 24.9 Å². The van der Waals surface area contributed by atoms with Crippen LogP contribution < -0.4 is 5.32 Å². The number of benzene rings is 1. The predicted molar refractivity (Wildman–Crippen MR) is 61.4 cm³/mol. The first-order chi connectivity index (χ1) is 8.38. The van der Waals surface area contributed by atoms with E-state index in [0.29, 0.717) is 18.5 Å². The van der Waals surface area contributed by atoms with Gasteiger partial charge >= 0.3 is 6.18 Å². The number of amides is 1. The van der Waals surface area contributed by atoms with Crippen molar-refractivity contribution in [1.82, 2.24) is 5.32 Å². The molecule has 2 rings (SSSR count). The van der Waals surface area contributed by atoms with Crippen molar-refractivity contribution in [2.75, 3.05) is 6.54 Å². The number of carbonyl (C=O) groups excluding carboxylic acids is 1. The molecular weight excluding hydrogens is 267 g/mol. The molecule has 1 aromatic rings. The molecule has 1 aliphatic rings. The van der Waals surface area contributed by atoms with Crippen LogP contribution in [0, 0.1) is 0 Å². The van der Waals surface area contributed by atoms with Crippen LogP contribution in [0.5, 0.6) is 0 Å². The lowest BCUT2D eigenvalue weighted by molar-refractivity contribution is -0.137. The second-order valence-electron chi connectivity index (χ2n) is 4.28. The van der Waals surface area contributed by atoms with Crippen LogP contribution in [0.2, 0.25) is 5.02 Å². The molecule has 0 aliphatic carbocycles. The average molecular weight is 278 g/mol. The fourth-order valence-electron chi connectivity index (χ4n) is 2.08. The third-order valence-electron chi connectivity index (χ3n) is 3.01. The van der Waals surface area contributed by atoms with Gasteiger partial charge in [0.15, 0.2) is 0 Å². The second-order valence-corrected chi connectivity index (χ2v) is 4.68. The highest BCUT2D eigenvalue weighted by Gasteiger charge is 2.34. The Kier molecular flexibility index (Phi) is 3.52. The number of halogens is 4. The third kappa shape index (κ3) is 2.77. The fourth-order valence-corrected chi connectivity index (χ4v) is 2.31. The van der Waals surface area contributed by atoms with E-state index in [9.17, 15) is 18.0 Å². The number of alkyl halides is 3. The molecule has 1 saturated heterocycles. The Morgan fingerprint density at radius 2 is 2.06 bits per heavy atom. The van der Waals surface area contributed by atoms with Gasteiger partial charge in [-0.15, -0.1) is 0 Å². The Bertz CT molecular complexity index is 473. The van der Waals surface area contributed by atoms with E-state index in [1.807, 2.05) is 0 Å². The van der Waals surface area contributed by atoms with Gasteiger partial charge < -0.3 is 5.32 Å². The molecule has 0 spiro atoms. The summed E-state index contributed by atoms with van der Waals surface area (Å²) in [5, 5.41) is 2.34. The smallest absolute Gasteiger partial charge is 0.356 e. The minimum Gasteiger partial charge on any atom is -0.356 e. The van der Waals surface area contributed by atoms with Crippen LogP contribution in [0.3, 0.4) is 0 Å². The number of nitrogens with one attached hydrogen (secondary N) is 1. The lowest BCUT2D eigenvalue weighted by Gasteiger charge is -2.23. The summed E-state index contributed by atoms with van der Waals surface area (Å²) in [4.78, 5) is 11.2. The maximum Gasteiger partial charge on any atom is 0.417 e. The lowest BCUT2D eigenvalue weighted by atomic mass is 9.89. The van der Waals surface area contributed by atoms with Crippen molar-refractivity contribution in [3.63, 3.8) is 0 Å². The summed E-state index contributed by atoms with van der Waals surface area (Å²) in [6.07, 6.45) is -3.60. The summed E-state index contributed by atoms with van der Waals surface area (Å²) in [7, 11) is 0. The van der Waals surface area contributed by atoms with Crippen molar-refractivity contribution in [2.24, 2.45) is 0 Å². The molecule has 1 heterocycles. The lowest BCUT2D eigenvalue weighted by Crippen LogP contribution is -2.32. The van der Waals surface area contributed by atoms with Crippen LogP contribution in [0.15, 0.2) is 18.2 Å². The Hall–Kier alpha value is -1.23. The molecule has 1 N–H and O–H groups in total. The Morgan fingerprint density at radius 3 is 2.67 bits per heavy atom. The van der Waals surface area contributed by atoms with Gasteiger partial charge in [-0.25, -0.2) is 0 Å². The molecular formula is C12H11ClF3NO. The fraction of sp³-hybridized carbons (Fsp3) is 0.417. The average Bonchev–Trinajstić information content (AvgIpc) is 2.28. The molecule has 1 aliphatic heterocycles. The molecule has 98 valence electrons. The molecule has 0 bridgehead atoms. The van der Waals surface area contributed by atoms with Crippen LogP contribution in [0.1, 0.15) is 29.9 Å². The molecule has 1 fully saturated rings. The van der Waals surface area contributed by atoms with Gasteiger partial charge in [-0.2, -0.15) is 13.2 Å². The normalized spacial score (nSPS) is 20.7. The summed E-state index contributed by atoms with van der Waals surface area (Å²) in [5.74, 6) is -0.299. The summed E-state index contributed by atoms with van der Waals surface area (Å²) < 4.78 is 38.1.